The molecule has 0 fully saturated rings. The zero-order valence-corrected chi connectivity index (χ0v) is 13.2. The molecule has 0 unspecified atom stereocenters. The Labute approximate surface area is 143 Å². The molecular weight excluding hydrogens is 324 g/mol. The third-order valence-corrected chi connectivity index (χ3v) is 3.53. The topological polar surface area (TPSA) is 38.3 Å². The van der Waals surface area contributed by atoms with Crippen LogP contribution in [0, 0.1) is 11.6 Å². The second-order valence-electron chi connectivity index (χ2n) is 5.38. The van der Waals surface area contributed by atoms with Crippen LogP contribution in [0.25, 0.3) is 0 Å². The van der Waals surface area contributed by atoms with Crippen LogP contribution in [0.3, 0.4) is 0 Å². The monoisotopic (exact) mass is 339 g/mol. The van der Waals surface area contributed by atoms with Gasteiger partial charge in [-0.15, -0.1) is 0 Å². The number of amides is 1. The van der Waals surface area contributed by atoms with Crippen molar-refractivity contribution in [2.24, 2.45) is 0 Å². The minimum atomic E-state index is -0.776. The summed E-state index contributed by atoms with van der Waals surface area (Å²) < 4.78 is 32.4. The summed E-state index contributed by atoms with van der Waals surface area (Å²) in [5.74, 6) is -1.52. The van der Waals surface area contributed by atoms with E-state index < -0.39 is 17.5 Å². The summed E-state index contributed by atoms with van der Waals surface area (Å²) in [5.41, 5.74) is 1.16. The van der Waals surface area contributed by atoms with E-state index in [9.17, 15) is 13.6 Å². The highest BCUT2D eigenvalue weighted by Gasteiger charge is 2.13. The molecule has 5 heteroatoms. The highest BCUT2D eigenvalue weighted by Crippen LogP contribution is 2.18. The lowest BCUT2D eigenvalue weighted by Gasteiger charge is -2.09. The Balaban J connectivity index is 1.62. The minimum Gasteiger partial charge on any atom is -0.489 e. The maximum absolute atomic E-state index is 13.6. The summed E-state index contributed by atoms with van der Waals surface area (Å²) in [5, 5.41) is 2.53. The van der Waals surface area contributed by atoms with E-state index >= 15 is 0 Å². The van der Waals surface area contributed by atoms with Crippen molar-refractivity contribution in [3.05, 3.63) is 95.6 Å². The van der Waals surface area contributed by atoms with Crippen LogP contribution >= 0.6 is 0 Å². The van der Waals surface area contributed by atoms with E-state index in [2.05, 4.69) is 5.32 Å². The summed E-state index contributed by atoms with van der Waals surface area (Å²) in [6, 6.07) is 19.1. The van der Waals surface area contributed by atoms with Crippen LogP contribution in [0.2, 0.25) is 0 Å². The summed E-state index contributed by atoms with van der Waals surface area (Å²) >= 11 is 0. The molecular formula is C20H15F2NO2. The molecule has 0 spiro atoms. The summed E-state index contributed by atoms with van der Waals surface area (Å²) in [6.45, 7) is 0.432. The van der Waals surface area contributed by atoms with E-state index in [0.29, 0.717) is 18.0 Å². The predicted molar refractivity (Wildman–Crippen MR) is 91.5 cm³/mol. The third kappa shape index (κ3) is 4.41. The summed E-state index contributed by atoms with van der Waals surface area (Å²) in [4.78, 5) is 12.0. The van der Waals surface area contributed by atoms with Crippen molar-refractivity contribution in [3.8, 4) is 5.75 Å². The molecule has 0 aliphatic heterocycles. The smallest absolute Gasteiger partial charge is 0.258 e. The highest BCUT2D eigenvalue weighted by atomic mass is 19.1. The minimum absolute atomic E-state index is 0.343. The number of ether oxygens (including phenoxy) is 1. The molecule has 0 heterocycles. The number of carbonyl (C=O) groups is 1. The number of rotatable bonds is 5. The van der Waals surface area contributed by atoms with Crippen LogP contribution in [0.5, 0.6) is 5.75 Å². The van der Waals surface area contributed by atoms with Gasteiger partial charge >= 0.3 is 0 Å². The van der Waals surface area contributed by atoms with Gasteiger partial charge in [0, 0.05) is 5.69 Å². The Morgan fingerprint density at radius 2 is 1.64 bits per heavy atom. The van der Waals surface area contributed by atoms with Gasteiger partial charge < -0.3 is 10.1 Å². The molecule has 0 aromatic heterocycles. The molecule has 126 valence electrons. The van der Waals surface area contributed by atoms with Gasteiger partial charge in [-0.1, -0.05) is 30.3 Å². The first-order valence-corrected chi connectivity index (χ1v) is 7.65. The SMILES string of the molecule is O=C(Nc1ccc(OCc2ccccc2)cc1)c1cc(F)ccc1F. The molecule has 1 amide bonds. The van der Waals surface area contributed by atoms with Crippen LogP contribution in [-0.4, -0.2) is 5.91 Å². The third-order valence-electron chi connectivity index (χ3n) is 3.53. The maximum atomic E-state index is 13.6. The number of hydrogen-bond donors (Lipinski definition) is 1. The Kier molecular flexibility index (Phi) is 5.04. The predicted octanol–water partition coefficient (Wildman–Crippen LogP) is 4.80. The first-order chi connectivity index (χ1) is 12.1. The Morgan fingerprint density at radius 1 is 0.920 bits per heavy atom. The number of hydrogen-bond acceptors (Lipinski definition) is 2. The van der Waals surface area contributed by atoms with Crippen molar-refractivity contribution < 1.29 is 18.3 Å². The van der Waals surface area contributed by atoms with Crippen molar-refractivity contribution in [2.75, 3.05) is 5.32 Å². The Morgan fingerprint density at radius 3 is 2.36 bits per heavy atom. The number of halogens is 2. The molecule has 3 aromatic rings. The lowest BCUT2D eigenvalue weighted by molar-refractivity contribution is 0.102. The highest BCUT2D eigenvalue weighted by molar-refractivity contribution is 6.04. The number of carbonyl (C=O) groups excluding carboxylic acids is 1. The first kappa shape index (κ1) is 16.6. The number of benzene rings is 3. The molecule has 3 nitrogen and oxygen atoms in total. The normalized spacial score (nSPS) is 10.3. The molecule has 0 saturated heterocycles. The quantitative estimate of drug-likeness (QED) is 0.725. The van der Waals surface area contributed by atoms with Crippen molar-refractivity contribution in [2.45, 2.75) is 6.61 Å². The Hall–Kier alpha value is -3.21. The fraction of sp³-hybridized carbons (Fsp3) is 0.0500. The fourth-order valence-electron chi connectivity index (χ4n) is 2.25. The largest absolute Gasteiger partial charge is 0.489 e. The molecule has 0 radical (unpaired) electrons. The van der Waals surface area contributed by atoms with Crippen LogP contribution < -0.4 is 10.1 Å². The van der Waals surface area contributed by atoms with Gasteiger partial charge in [-0.2, -0.15) is 0 Å². The molecule has 0 bridgehead atoms. The summed E-state index contributed by atoms with van der Waals surface area (Å²) in [7, 11) is 0. The average Bonchev–Trinajstić information content (AvgIpc) is 2.64. The van der Waals surface area contributed by atoms with E-state index in [1.165, 1.54) is 0 Å². The maximum Gasteiger partial charge on any atom is 0.258 e. The first-order valence-electron chi connectivity index (χ1n) is 7.65. The van der Waals surface area contributed by atoms with Crippen molar-refractivity contribution in [1.29, 1.82) is 0 Å². The van der Waals surface area contributed by atoms with E-state index in [0.717, 1.165) is 23.8 Å². The molecule has 3 rings (SSSR count). The molecule has 0 saturated carbocycles. The zero-order valence-electron chi connectivity index (χ0n) is 13.2. The molecule has 1 N–H and O–H groups in total. The molecule has 0 atom stereocenters. The molecule has 25 heavy (non-hydrogen) atoms. The number of anilines is 1. The van der Waals surface area contributed by atoms with Crippen molar-refractivity contribution in [3.63, 3.8) is 0 Å². The molecule has 3 aromatic carbocycles. The van der Waals surface area contributed by atoms with Crippen molar-refractivity contribution in [1.82, 2.24) is 0 Å². The molecule has 0 aliphatic carbocycles. The van der Waals surface area contributed by atoms with Gasteiger partial charge in [0.15, 0.2) is 0 Å². The fourth-order valence-corrected chi connectivity index (χ4v) is 2.25. The van der Waals surface area contributed by atoms with Gasteiger partial charge in [0.25, 0.3) is 5.91 Å². The van der Waals surface area contributed by atoms with E-state index in [4.69, 9.17) is 4.74 Å². The zero-order chi connectivity index (χ0) is 17.6. The van der Waals surface area contributed by atoms with Crippen molar-refractivity contribution >= 4 is 11.6 Å². The van der Waals surface area contributed by atoms with Gasteiger partial charge in [0.05, 0.1) is 5.56 Å². The van der Waals surface area contributed by atoms with Gasteiger partial charge in [0.2, 0.25) is 0 Å². The van der Waals surface area contributed by atoms with Gasteiger partial charge in [0.1, 0.15) is 24.0 Å². The standard InChI is InChI=1S/C20H15F2NO2/c21-15-6-11-19(22)18(12-15)20(24)23-16-7-9-17(10-8-16)25-13-14-4-2-1-3-5-14/h1-12H,13H2,(H,23,24). The van der Waals surface area contributed by atoms with E-state index in [1.807, 2.05) is 30.3 Å². The lowest BCUT2D eigenvalue weighted by Crippen LogP contribution is -2.14. The average molecular weight is 339 g/mol. The van der Waals surface area contributed by atoms with Crippen LogP contribution in [0.4, 0.5) is 14.5 Å². The van der Waals surface area contributed by atoms with Crippen LogP contribution in [0.1, 0.15) is 15.9 Å². The van der Waals surface area contributed by atoms with Gasteiger partial charge in [-0.05, 0) is 48.0 Å². The molecule has 0 aliphatic rings. The second kappa shape index (κ2) is 7.57. The van der Waals surface area contributed by atoms with Crippen LogP contribution in [-0.2, 0) is 6.61 Å². The lowest BCUT2D eigenvalue weighted by atomic mass is 10.2. The van der Waals surface area contributed by atoms with Gasteiger partial charge in [-0.25, -0.2) is 8.78 Å². The second-order valence-corrected chi connectivity index (χ2v) is 5.38. The van der Waals surface area contributed by atoms with Crippen LogP contribution in [0.15, 0.2) is 72.8 Å². The van der Waals surface area contributed by atoms with E-state index in [1.54, 1.807) is 24.3 Å². The Bertz CT molecular complexity index is 865. The van der Waals surface area contributed by atoms with Gasteiger partial charge in [-0.3, -0.25) is 4.79 Å². The number of nitrogens with one attached hydrogen (secondary N) is 1. The summed E-state index contributed by atoms with van der Waals surface area (Å²) in [6.07, 6.45) is 0. The van der Waals surface area contributed by atoms with E-state index in [-0.39, 0.29) is 5.56 Å².